The Hall–Kier alpha value is -0.770. The monoisotopic (exact) mass is 326 g/mol. The van der Waals surface area contributed by atoms with E-state index in [9.17, 15) is 4.79 Å². The van der Waals surface area contributed by atoms with Gasteiger partial charge in [-0.2, -0.15) is 0 Å². The summed E-state index contributed by atoms with van der Waals surface area (Å²) in [5, 5.41) is 3.73. The molecule has 1 aliphatic heterocycles. The maximum atomic E-state index is 12.2. The van der Waals surface area contributed by atoms with Crippen LogP contribution in [0.5, 0.6) is 0 Å². The maximum absolute atomic E-state index is 12.2. The molecule has 3 unspecified atom stereocenters. The Kier molecular flexibility index (Phi) is 8.38. The lowest BCUT2D eigenvalue weighted by molar-refractivity contribution is 0.0165. The first-order chi connectivity index (χ1) is 10.7. The molecule has 0 aromatic rings. The Bertz CT molecular complexity index is 352. The van der Waals surface area contributed by atoms with Crippen molar-refractivity contribution >= 4 is 6.09 Å². The summed E-state index contributed by atoms with van der Waals surface area (Å²) in [5.41, 5.74) is -0.411. The third-order valence-corrected chi connectivity index (χ3v) is 4.74. The minimum Gasteiger partial charge on any atom is -0.444 e. The molecule has 1 aliphatic rings. The lowest BCUT2D eigenvalue weighted by Gasteiger charge is -2.35. The average molecular weight is 327 g/mol. The molecule has 0 radical (unpaired) electrons. The molecule has 1 amide bonds. The summed E-state index contributed by atoms with van der Waals surface area (Å²) >= 11 is 0. The molecule has 1 N–H and O–H groups in total. The highest BCUT2D eigenvalue weighted by atomic mass is 16.6. The Morgan fingerprint density at radius 2 is 2.00 bits per heavy atom. The molecule has 1 saturated heterocycles. The van der Waals surface area contributed by atoms with E-state index in [2.05, 4.69) is 26.1 Å². The van der Waals surface area contributed by atoms with Crippen LogP contribution in [0.1, 0.15) is 73.6 Å². The third kappa shape index (κ3) is 8.05. The quantitative estimate of drug-likeness (QED) is 0.752. The van der Waals surface area contributed by atoms with E-state index in [1.807, 2.05) is 25.7 Å². The first-order valence-corrected chi connectivity index (χ1v) is 9.46. The number of ether oxygens (including phenoxy) is 1. The van der Waals surface area contributed by atoms with E-state index in [0.29, 0.717) is 12.0 Å². The van der Waals surface area contributed by atoms with E-state index >= 15 is 0 Å². The van der Waals surface area contributed by atoms with Gasteiger partial charge in [-0.25, -0.2) is 4.79 Å². The van der Waals surface area contributed by atoms with Crippen molar-refractivity contribution < 1.29 is 9.53 Å². The number of nitrogens with one attached hydrogen (secondary N) is 1. The standard InChI is InChI=1S/C19H38N2O2/c1-7-15(3)12-17(8-2)20-13-16-10-9-11-21(14-16)18(22)23-19(4,5)6/h15-17,20H,7-14H2,1-6H3. The van der Waals surface area contributed by atoms with Crippen LogP contribution in [0.15, 0.2) is 0 Å². The molecule has 0 bridgehead atoms. The summed E-state index contributed by atoms with van der Waals surface area (Å²) < 4.78 is 5.51. The summed E-state index contributed by atoms with van der Waals surface area (Å²) in [4.78, 5) is 14.1. The molecule has 4 heteroatoms. The zero-order valence-corrected chi connectivity index (χ0v) is 16.2. The molecule has 1 heterocycles. The predicted octanol–water partition coefficient (Wildman–Crippen LogP) is 4.44. The second kappa shape index (κ2) is 9.51. The molecular formula is C19H38N2O2. The summed E-state index contributed by atoms with van der Waals surface area (Å²) in [6.45, 7) is 15.3. The summed E-state index contributed by atoms with van der Waals surface area (Å²) in [5.74, 6) is 1.32. The molecule has 23 heavy (non-hydrogen) atoms. The van der Waals surface area contributed by atoms with Crippen molar-refractivity contribution in [2.75, 3.05) is 19.6 Å². The van der Waals surface area contributed by atoms with E-state index in [0.717, 1.165) is 32.0 Å². The van der Waals surface area contributed by atoms with Crippen molar-refractivity contribution in [1.29, 1.82) is 0 Å². The van der Waals surface area contributed by atoms with E-state index in [4.69, 9.17) is 4.74 Å². The highest BCUT2D eigenvalue weighted by Crippen LogP contribution is 2.20. The zero-order chi connectivity index (χ0) is 17.5. The molecule has 3 atom stereocenters. The van der Waals surface area contributed by atoms with Crippen molar-refractivity contribution in [1.82, 2.24) is 10.2 Å². The van der Waals surface area contributed by atoms with Gasteiger partial charge in [0.15, 0.2) is 0 Å². The van der Waals surface area contributed by atoms with Gasteiger partial charge in [-0.3, -0.25) is 0 Å². The number of amides is 1. The van der Waals surface area contributed by atoms with Crippen LogP contribution < -0.4 is 5.32 Å². The van der Waals surface area contributed by atoms with Gasteiger partial charge in [-0.05, 0) is 64.8 Å². The molecule has 0 aromatic carbocycles. The molecule has 1 rings (SSSR count). The van der Waals surface area contributed by atoms with Crippen LogP contribution >= 0.6 is 0 Å². The van der Waals surface area contributed by atoms with E-state index in [1.165, 1.54) is 25.7 Å². The van der Waals surface area contributed by atoms with Crippen molar-refractivity contribution in [2.45, 2.75) is 85.3 Å². The Balaban J connectivity index is 2.41. The smallest absolute Gasteiger partial charge is 0.410 e. The number of hydrogen-bond acceptors (Lipinski definition) is 3. The summed E-state index contributed by atoms with van der Waals surface area (Å²) in [6.07, 6.45) is 5.78. The number of rotatable bonds is 7. The normalized spacial score (nSPS) is 21.8. The Morgan fingerprint density at radius 1 is 1.30 bits per heavy atom. The molecule has 4 nitrogen and oxygen atoms in total. The SMILES string of the molecule is CCC(C)CC(CC)NCC1CCCN(C(=O)OC(C)(C)C)C1. The van der Waals surface area contributed by atoms with Gasteiger partial charge in [0.05, 0.1) is 0 Å². The minimum absolute atomic E-state index is 0.158. The lowest BCUT2D eigenvalue weighted by atomic mass is 9.95. The molecule has 136 valence electrons. The fourth-order valence-electron chi connectivity index (χ4n) is 3.10. The first-order valence-electron chi connectivity index (χ1n) is 9.46. The fourth-order valence-corrected chi connectivity index (χ4v) is 3.10. The van der Waals surface area contributed by atoms with Crippen LogP contribution in [0.3, 0.4) is 0 Å². The average Bonchev–Trinajstić information content (AvgIpc) is 2.49. The van der Waals surface area contributed by atoms with Gasteiger partial charge in [0.25, 0.3) is 0 Å². The van der Waals surface area contributed by atoms with E-state index in [1.54, 1.807) is 0 Å². The second-order valence-corrected chi connectivity index (χ2v) is 8.20. The van der Waals surface area contributed by atoms with E-state index < -0.39 is 5.60 Å². The largest absolute Gasteiger partial charge is 0.444 e. The number of hydrogen-bond donors (Lipinski definition) is 1. The molecule has 0 spiro atoms. The van der Waals surface area contributed by atoms with Crippen molar-refractivity contribution in [3.63, 3.8) is 0 Å². The van der Waals surface area contributed by atoms with Crippen LogP contribution in [-0.2, 0) is 4.74 Å². The first kappa shape index (κ1) is 20.3. The highest BCUT2D eigenvalue weighted by molar-refractivity contribution is 5.68. The van der Waals surface area contributed by atoms with E-state index in [-0.39, 0.29) is 6.09 Å². The van der Waals surface area contributed by atoms with Crippen LogP contribution in [-0.4, -0.2) is 42.3 Å². The highest BCUT2D eigenvalue weighted by Gasteiger charge is 2.27. The molecule has 0 aromatic heterocycles. The fraction of sp³-hybridized carbons (Fsp3) is 0.947. The van der Waals surface area contributed by atoms with Gasteiger partial charge < -0.3 is 15.0 Å². The number of nitrogens with zero attached hydrogens (tertiary/aromatic N) is 1. The van der Waals surface area contributed by atoms with Gasteiger partial charge in [0.1, 0.15) is 5.60 Å². The number of carbonyl (C=O) groups excluding carboxylic acids is 1. The summed E-state index contributed by atoms with van der Waals surface area (Å²) in [6, 6.07) is 0.599. The van der Waals surface area contributed by atoms with Gasteiger partial charge >= 0.3 is 6.09 Å². The number of likely N-dealkylation sites (tertiary alicyclic amines) is 1. The predicted molar refractivity (Wildman–Crippen MR) is 96.7 cm³/mol. The lowest BCUT2D eigenvalue weighted by Crippen LogP contribution is -2.46. The van der Waals surface area contributed by atoms with Crippen LogP contribution in [0.4, 0.5) is 4.79 Å². The zero-order valence-electron chi connectivity index (χ0n) is 16.2. The molecular weight excluding hydrogens is 288 g/mol. The van der Waals surface area contributed by atoms with Crippen molar-refractivity contribution in [3.05, 3.63) is 0 Å². The van der Waals surface area contributed by atoms with Gasteiger partial charge in [0, 0.05) is 19.1 Å². The van der Waals surface area contributed by atoms with Crippen LogP contribution in [0.2, 0.25) is 0 Å². The third-order valence-electron chi connectivity index (χ3n) is 4.74. The van der Waals surface area contributed by atoms with Crippen molar-refractivity contribution in [3.8, 4) is 0 Å². The molecule has 1 fully saturated rings. The molecule has 0 saturated carbocycles. The summed E-state index contributed by atoms with van der Waals surface area (Å²) in [7, 11) is 0. The molecule has 0 aliphatic carbocycles. The van der Waals surface area contributed by atoms with Gasteiger partial charge in [-0.1, -0.05) is 27.2 Å². The minimum atomic E-state index is -0.411. The maximum Gasteiger partial charge on any atom is 0.410 e. The van der Waals surface area contributed by atoms with Crippen molar-refractivity contribution in [2.24, 2.45) is 11.8 Å². The Labute approximate surface area is 143 Å². The number of carbonyl (C=O) groups is 1. The van der Waals surface area contributed by atoms with Crippen LogP contribution in [0.25, 0.3) is 0 Å². The Morgan fingerprint density at radius 3 is 2.57 bits per heavy atom. The van der Waals surface area contributed by atoms with Gasteiger partial charge in [-0.15, -0.1) is 0 Å². The number of piperidine rings is 1. The topological polar surface area (TPSA) is 41.6 Å². The van der Waals surface area contributed by atoms with Crippen LogP contribution in [0, 0.1) is 11.8 Å². The van der Waals surface area contributed by atoms with Gasteiger partial charge in [0.2, 0.25) is 0 Å². The second-order valence-electron chi connectivity index (χ2n) is 8.20.